The van der Waals surface area contributed by atoms with Gasteiger partial charge in [0.05, 0.1) is 6.54 Å². The minimum atomic E-state index is -0.837. The summed E-state index contributed by atoms with van der Waals surface area (Å²) in [5.41, 5.74) is 8.15. The van der Waals surface area contributed by atoms with Gasteiger partial charge >= 0.3 is 12.1 Å². The van der Waals surface area contributed by atoms with Gasteiger partial charge in [-0.3, -0.25) is 0 Å². The highest BCUT2D eigenvalue weighted by molar-refractivity contribution is 5.77. The second-order valence-electron chi connectivity index (χ2n) is 4.23. The molecule has 0 aliphatic carbocycles. The lowest BCUT2D eigenvalue weighted by Crippen LogP contribution is -2.49. The van der Waals surface area contributed by atoms with Gasteiger partial charge in [-0.05, 0) is 17.7 Å². The van der Waals surface area contributed by atoms with Crippen molar-refractivity contribution < 1.29 is 14.3 Å². The van der Waals surface area contributed by atoms with Crippen molar-refractivity contribution in [1.29, 1.82) is 0 Å². The maximum Gasteiger partial charge on any atom is 0.434 e. The number of nitrogens with zero attached hydrogens (tertiary/aromatic N) is 1. The van der Waals surface area contributed by atoms with Crippen molar-refractivity contribution in [3.8, 4) is 5.75 Å². The molecule has 0 atom stereocenters. The predicted molar refractivity (Wildman–Crippen MR) is 77.2 cm³/mol. The van der Waals surface area contributed by atoms with E-state index in [-0.39, 0.29) is 6.54 Å². The van der Waals surface area contributed by atoms with Gasteiger partial charge in [0.15, 0.2) is 0 Å². The maximum absolute atomic E-state index is 12.1. The second-order valence-corrected chi connectivity index (χ2v) is 4.23. The third kappa shape index (κ3) is 4.54. The Morgan fingerprint density at radius 2 is 1.57 bits per heavy atom. The van der Waals surface area contributed by atoms with E-state index in [2.05, 4.69) is 5.43 Å². The number of hydrogen-bond acceptors (Lipinski definition) is 3. The molecule has 2 aromatic rings. The lowest BCUT2D eigenvalue weighted by atomic mass is 10.2. The molecule has 6 heteroatoms. The van der Waals surface area contributed by atoms with Crippen molar-refractivity contribution in [3.05, 3.63) is 66.2 Å². The Morgan fingerprint density at radius 3 is 2.14 bits per heavy atom. The quantitative estimate of drug-likeness (QED) is 0.848. The Kier molecular flexibility index (Phi) is 4.76. The molecule has 3 N–H and O–H groups in total. The van der Waals surface area contributed by atoms with Gasteiger partial charge < -0.3 is 10.5 Å². The summed E-state index contributed by atoms with van der Waals surface area (Å²) in [6.07, 6.45) is -0.719. The topological polar surface area (TPSA) is 84.7 Å². The highest BCUT2D eigenvalue weighted by Crippen LogP contribution is 2.11. The number of rotatable bonds is 3. The summed E-state index contributed by atoms with van der Waals surface area (Å²) in [7, 11) is 0. The van der Waals surface area contributed by atoms with E-state index in [1.807, 2.05) is 30.3 Å². The number of hydrazine groups is 1. The van der Waals surface area contributed by atoms with Gasteiger partial charge in [-0.2, -0.15) is 0 Å². The van der Waals surface area contributed by atoms with Crippen LogP contribution < -0.4 is 15.9 Å². The number of para-hydroxylation sites is 1. The number of primary amides is 1. The fraction of sp³-hybridized carbons (Fsp3) is 0.0667. The summed E-state index contributed by atoms with van der Waals surface area (Å²) >= 11 is 0. The first-order valence-corrected chi connectivity index (χ1v) is 6.29. The third-order valence-corrected chi connectivity index (χ3v) is 2.60. The van der Waals surface area contributed by atoms with Crippen LogP contribution in [0, 0.1) is 0 Å². The van der Waals surface area contributed by atoms with Crippen LogP contribution >= 0.6 is 0 Å². The highest BCUT2D eigenvalue weighted by atomic mass is 16.6. The van der Waals surface area contributed by atoms with Gasteiger partial charge in [0, 0.05) is 0 Å². The summed E-state index contributed by atoms with van der Waals surface area (Å²) < 4.78 is 5.17. The minimum absolute atomic E-state index is 0.148. The van der Waals surface area contributed by atoms with E-state index >= 15 is 0 Å². The fourth-order valence-corrected chi connectivity index (χ4v) is 1.69. The standard InChI is InChI=1S/C15H15N3O3/c16-14(19)17-18(11-12-7-3-1-4-8-12)15(20)21-13-9-5-2-6-10-13/h1-10H,11H2,(H3,16,17,19). The summed E-state index contributed by atoms with van der Waals surface area (Å²) in [6.45, 7) is 0.148. The predicted octanol–water partition coefficient (Wildman–Crippen LogP) is 2.27. The molecule has 0 aliphatic rings. The molecule has 3 amide bonds. The van der Waals surface area contributed by atoms with E-state index in [1.165, 1.54) is 0 Å². The average molecular weight is 285 g/mol. The zero-order valence-electron chi connectivity index (χ0n) is 11.2. The van der Waals surface area contributed by atoms with Crippen molar-refractivity contribution in [3.63, 3.8) is 0 Å². The van der Waals surface area contributed by atoms with Gasteiger partial charge in [0.25, 0.3) is 0 Å². The Hall–Kier alpha value is -3.02. The van der Waals surface area contributed by atoms with E-state index in [4.69, 9.17) is 10.5 Å². The minimum Gasteiger partial charge on any atom is -0.409 e. The van der Waals surface area contributed by atoms with Gasteiger partial charge in [-0.15, -0.1) is 0 Å². The Balaban J connectivity index is 2.08. The van der Waals surface area contributed by atoms with Crippen LogP contribution in [0.25, 0.3) is 0 Å². The number of hydrogen-bond donors (Lipinski definition) is 2. The van der Waals surface area contributed by atoms with Crippen LogP contribution in [-0.2, 0) is 6.54 Å². The number of nitrogens with one attached hydrogen (secondary N) is 1. The number of benzene rings is 2. The van der Waals surface area contributed by atoms with Crippen LogP contribution in [0.2, 0.25) is 0 Å². The second kappa shape index (κ2) is 6.95. The molecular formula is C15H15N3O3. The molecule has 0 saturated heterocycles. The maximum atomic E-state index is 12.1. The molecule has 6 nitrogen and oxygen atoms in total. The number of carbonyl (C=O) groups is 2. The lowest BCUT2D eigenvalue weighted by molar-refractivity contribution is 0.127. The number of ether oxygens (including phenoxy) is 1. The molecule has 0 aromatic heterocycles. The van der Waals surface area contributed by atoms with Crippen molar-refractivity contribution in [2.45, 2.75) is 6.54 Å². The largest absolute Gasteiger partial charge is 0.434 e. The number of nitrogens with two attached hydrogens (primary N) is 1. The summed E-state index contributed by atoms with van der Waals surface area (Å²) in [6, 6.07) is 16.9. The molecule has 0 spiro atoms. The molecule has 0 aliphatic heterocycles. The molecule has 0 heterocycles. The fourth-order valence-electron chi connectivity index (χ4n) is 1.69. The first kappa shape index (κ1) is 14.4. The van der Waals surface area contributed by atoms with E-state index in [0.717, 1.165) is 10.6 Å². The summed E-state index contributed by atoms with van der Waals surface area (Å²) in [5.74, 6) is 0.381. The number of urea groups is 1. The Labute approximate surface area is 122 Å². The molecule has 0 radical (unpaired) electrons. The number of carbonyl (C=O) groups excluding carboxylic acids is 2. The van der Waals surface area contributed by atoms with Crippen molar-refractivity contribution in [1.82, 2.24) is 10.4 Å². The van der Waals surface area contributed by atoms with Crippen molar-refractivity contribution in [2.24, 2.45) is 5.73 Å². The van der Waals surface area contributed by atoms with E-state index in [0.29, 0.717) is 5.75 Å². The smallest absolute Gasteiger partial charge is 0.409 e. The van der Waals surface area contributed by atoms with Gasteiger partial charge in [0.1, 0.15) is 5.75 Å². The summed E-state index contributed by atoms with van der Waals surface area (Å²) in [5, 5.41) is 1.02. The molecule has 21 heavy (non-hydrogen) atoms. The highest BCUT2D eigenvalue weighted by Gasteiger charge is 2.17. The van der Waals surface area contributed by atoms with Gasteiger partial charge in [-0.25, -0.2) is 20.0 Å². The monoisotopic (exact) mass is 285 g/mol. The zero-order valence-corrected chi connectivity index (χ0v) is 11.2. The van der Waals surface area contributed by atoms with E-state index < -0.39 is 12.1 Å². The SMILES string of the molecule is NC(=O)NN(Cc1ccccc1)C(=O)Oc1ccccc1. The van der Waals surface area contributed by atoms with Gasteiger partial charge in [-0.1, -0.05) is 48.5 Å². The first-order chi connectivity index (χ1) is 10.1. The molecule has 0 fully saturated rings. The molecule has 2 rings (SSSR count). The van der Waals surface area contributed by atoms with Crippen LogP contribution in [0.15, 0.2) is 60.7 Å². The first-order valence-electron chi connectivity index (χ1n) is 6.29. The van der Waals surface area contributed by atoms with Crippen LogP contribution in [0.4, 0.5) is 9.59 Å². The van der Waals surface area contributed by atoms with E-state index in [9.17, 15) is 9.59 Å². The molecule has 2 aromatic carbocycles. The third-order valence-electron chi connectivity index (χ3n) is 2.60. The van der Waals surface area contributed by atoms with Crippen LogP contribution in [0.3, 0.4) is 0 Å². The molecule has 108 valence electrons. The van der Waals surface area contributed by atoms with Crippen LogP contribution in [-0.4, -0.2) is 17.1 Å². The average Bonchev–Trinajstić information content (AvgIpc) is 2.48. The Morgan fingerprint density at radius 1 is 1.00 bits per heavy atom. The normalized spacial score (nSPS) is 9.71. The van der Waals surface area contributed by atoms with E-state index in [1.54, 1.807) is 30.3 Å². The van der Waals surface area contributed by atoms with Gasteiger partial charge in [0.2, 0.25) is 0 Å². The number of amides is 3. The van der Waals surface area contributed by atoms with Crippen molar-refractivity contribution >= 4 is 12.1 Å². The molecular weight excluding hydrogens is 270 g/mol. The zero-order chi connectivity index (χ0) is 15.1. The lowest BCUT2D eigenvalue weighted by Gasteiger charge is -2.21. The molecule has 0 saturated carbocycles. The Bertz CT molecular complexity index is 602. The van der Waals surface area contributed by atoms with Crippen LogP contribution in [0.1, 0.15) is 5.56 Å². The summed E-state index contributed by atoms with van der Waals surface area (Å²) in [4.78, 5) is 23.1. The molecule has 0 bridgehead atoms. The van der Waals surface area contributed by atoms with Crippen LogP contribution in [0.5, 0.6) is 5.75 Å². The van der Waals surface area contributed by atoms with Crippen molar-refractivity contribution in [2.75, 3.05) is 0 Å². The molecule has 0 unspecified atom stereocenters.